The number of carbonyl (C=O) groups is 2. The Morgan fingerprint density at radius 1 is 0.870 bits per heavy atom. The Kier molecular flexibility index (Phi) is 9.68. The average molecular weight is 620 g/mol. The molecule has 6 rings (SSSR count). The fourth-order valence-corrected chi connectivity index (χ4v) is 5.63. The van der Waals surface area contributed by atoms with E-state index in [1.165, 1.54) is 0 Å². The van der Waals surface area contributed by atoms with Crippen molar-refractivity contribution in [3.05, 3.63) is 120 Å². The van der Waals surface area contributed by atoms with E-state index in [0.29, 0.717) is 36.4 Å². The maximum atomic E-state index is 12.8. The Labute approximate surface area is 267 Å². The molecule has 2 amide bonds. The minimum absolute atomic E-state index is 0.0254. The quantitative estimate of drug-likeness (QED) is 0.131. The molecule has 46 heavy (non-hydrogen) atoms. The van der Waals surface area contributed by atoms with Gasteiger partial charge in [-0.25, -0.2) is 4.98 Å². The molecule has 10 heteroatoms. The number of benzene rings is 4. The van der Waals surface area contributed by atoms with Gasteiger partial charge in [-0.1, -0.05) is 60.7 Å². The summed E-state index contributed by atoms with van der Waals surface area (Å²) in [5.74, 6) is -0.389. The number of imidazole rings is 1. The van der Waals surface area contributed by atoms with Gasteiger partial charge in [-0.3, -0.25) is 9.59 Å². The molecular formula is C36H37N5O5. The van der Waals surface area contributed by atoms with E-state index in [2.05, 4.69) is 20.2 Å². The number of hydrogen-bond donors (Lipinski definition) is 4. The van der Waals surface area contributed by atoms with Crippen LogP contribution in [0.5, 0.6) is 0 Å². The zero-order chi connectivity index (χ0) is 31.9. The van der Waals surface area contributed by atoms with Gasteiger partial charge in [-0.05, 0) is 53.9 Å². The fraction of sp³-hybridized carbons (Fsp3) is 0.250. The van der Waals surface area contributed by atoms with Crippen LogP contribution in [-0.2, 0) is 32.2 Å². The van der Waals surface area contributed by atoms with Crippen LogP contribution in [0.25, 0.3) is 11.0 Å². The van der Waals surface area contributed by atoms with Gasteiger partial charge in [0.05, 0.1) is 54.1 Å². The first-order valence-electron chi connectivity index (χ1n) is 15.4. The number of amides is 2. The van der Waals surface area contributed by atoms with Crippen LogP contribution in [0.4, 0.5) is 17.1 Å². The van der Waals surface area contributed by atoms with Gasteiger partial charge in [-0.2, -0.15) is 0 Å². The highest BCUT2D eigenvalue weighted by Crippen LogP contribution is 2.39. The van der Waals surface area contributed by atoms with Crippen molar-refractivity contribution in [1.29, 1.82) is 0 Å². The number of rotatable bonds is 11. The van der Waals surface area contributed by atoms with E-state index in [4.69, 9.17) is 15.2 Å². The smallest absolute Gasteiger partial charge is 0.224 e. The van der Waals surface area contributed by atoms with Crippen LogP contribution in [-0.4, -0.2) is 32.6 Å². The van der Waals surface area contributed by atoms with Crippen LogP contribution < -0.4 is 16.4 Å². The van der Waals surface area contributed by atoms with E-state index in [-0.39, 0.29) is 43.5 Å². The predicted molar refractivity (Wildman–Crippen MR) is 177 cm³/mol. The number of aromatic nitrogens is 2. The third-order valence-corrected chi connectivity index (χ3v) is 8.03. The first-order valence-corrected chi connectivity index (χ1v) is 15.4. The number of nitrogens with one attached hydrogen (secondary N) is 2. The van der Waals surface area contributed by atoms with Crippen molar-refractivity contribution in [2.24, 2.45) is 0 Å². The van der Waals surface area contributed by atoms with E-state index >= 15 is 0 Å². The Hall–Kier alpha value is -5.03. The van der Waals surface area contributed by atoms with Gasteiger partial charge in [0, 0.05) is 30.5 Å². The first kappa shape index (κ1) is 31.0. The summed E-state index contributed by atoms with van der Waals surface area (Å²) in [6.45, 7) is 0.564. The molecular weight excluding hydrogens is 582 g/mol. The van der Waals surface area contributed by atoms with Crippen LogP contribution in [0.15, 0.2) is 103 Å². The zero-order valence-corrected chi connectivity index (χ0v) is 25.3. The first-order chi connectivity index (χ1) is 22.4. The molecule has 0 spiro atoms. The summed E-state index contributed by atoms with van der Waals surface area (Å²) in [5.41, 5.74) is 12.1. The van der Waals surface area contributed by atoms with E-state index in [1.54, 1.807) is 24.3 Å². The van der Waals surface area contributed by atoms with Crippen LogP contribution in [0.2, 0.25) is 0 Å². The maximum absolute atomic E-state index is 12.8. The molecule has 0 radical (unpaired) electrons. The highest BCUT2D eigenvalue weighted by Gasteiger charge is 2.33. The lowest BCUT2D eigenvalue weighted by molar-refractivity contribution is -0.252. The molecule has 1 aliphatic heterocycles. The van der Waals surface area contributed by atoms with Crippen LogP contribution >= 0.6 is 0 Å². The Balaban J connectivity index is 1.11. The molecule has 1 fully saturated rings. The molecule has 10 nitrogen and oxygen atoms in total. The van der Waals surface area contributed by atoms with Gasteiger partial charge in [0.15, 0.2) is 6.29 Å². The molecule has 1 aliphatic rings. The Morgan fingerprint density at radius 2 is 1.63 bits per heavy atom. The summed E-state index contributed by atoms with van der Waals surface area (Å²) in [4.78, 5) is 29.6. The normalized spacial score (nSPS) is 17.9. The van der Waals surface area contributed by atoms with Crippen LogP contribution in [0.1, 0.15) is 54.8 Å². The van der Waals surface area contributed by atoms with Crippen LogP contribution in [0.3, 0.4) is 0 Å². The van der Waals surface area contributed by atoms with Gasteiger partial charge >= 0.3 is 0 Å². The summed E-state index contributed by atoms with van der Waals surface area (Å²) in [6.07, 6.45) is 2.12. The number of aliphatic hydroxyl groups is 1. The van der Waals surface area contributed by atoms with Gasteiger partial charge < -0.3 is 35.5 Å². The standard InChI is InChI=1S/C36H37N5O5/c37-29-9-1-2-10-30(29)40-35(44)14-6-13-34(43)39-27-8-5-7-26(19-27)36-45-28(21-41-23-38-31-11-3-4-12-32(31)41)20-33(46-36)25-17-15-24(22-42)16-18-25/h1-5,7-12,15-19,23,28,33,36,42H,6,13-14,20-22,37H2,(H,39,43)(H,40,44). The van der Waals surface area contributed by atoms with Crippen molar-refractivity contribution in [3.8, 4) is 0 Å². The van der Waals surface area contributed by atoms with Crippen LogP contribution in [0, 0.1) is 0 Å². The molecule has 3 unspecified atom stereocenters. The molecule has 1 saturated heterocycles. The SMILES string of the molecule is Nc1ccccc1NC(=O)CCCC(=O)Nc1cccc(C2OC(Cn3cnc4ccccc43)CC(c3ccc(CO)cc3)O2)c1. The highest BCUT2D eigenvalue weighted by atomic mass is 16.7. The minimum atomic E-state index is -0.679. The summed E-state index contributed by atoms with van der Waals surface area (Å²) in [5, 5.41) is 15.2. The molecule has 1 aromatic heterocycles. The molecule has 3 atom stereocenters. The highest BCUT2D eigenvalue weighted by molar-refractivity contribution is 5.94. The molecule has 0 aliphatic carbocycles. The number of nitrogens with two attached hydrogens (primary N) is 1. The zero-order valence-electron chi connectivity index (χ0n) is 25.3. The third-order valence-electron chi connectivity index (χ3n) is 8.03. The summed E-state index contributed by atoms with van der Waals surface area (Å²) >= 11 is 0. The summed E-state index contributed by atoms with van der Waals surface area (Å²) in [7, 11) is 0. The number of fused-ring (bicyclic) bond motifs is 1. The lowest BCUT2D eigenvalue weighted by atomic mass is 10.00. The maximum Gasteiger partial charge on any atom is 0.224 e. The molecule has 5 aromatic rings. The average Bonchev–Trinajstić information content (AvgIpc) is 3.48. The molecule has 4 aromatic carbocycles. The molecule has 5 N–H and O–H groups in total. The third kappa shape index (κ3) is 7.60. The van der Waals surface area contributed by atoms with Crippen molar-refractivity contribution in [3.63, 3.8) is 0 Å². The Morgan fingerprint density at radius 3 is 2.43 bits per heavy atom. The van der Waals surface area contributed by atoms with E-state index < -0.39 is 6.29 Å². The van der Waals surface area contributed by atoms with Gasteiger partial charge in [0.1, 0.15) is 0 Å². The number of ether oxygens (including phenoxy) is 2. The van der Waals surface area contributed by atoms with Crippen molar-refractivity contribution in [1.82, 2.24) is 9.55 Å². The monoisotopic (exact) mass is 619 g/mol. The van der Waals surface area contributed by atoms with Gasteiger partial charge in [0.25, 0.3) is 0 Å². The number of para-hydroxylation sites is 4. The largest absolute Gasteiger partial charge is 0.397 e. The van der Waals surface area contributed by atoms with Gasteiger partial charge in [-0.15, -0.1) is 0 Å². The van der Waals surface area contributed by atoms with E-state index in [9.17, 15) is 14.7 Å². The van der Waals surface area contributed by atoms with E-state index in [0.717, 1.165) is 27.7 Å². The second-order valence-electron chi connectivity index (χ2n) is 11.4. The number of nitrogen functional groups attached to an aromatic ring is 1. The number of nitrogens with zero attached hydrogens (tertiary/aromatic N) is 2. The number of carbonyl (C=O) groups excluding carboxylic acids is 2. The lowest BCUT2D eigenvalue weighted by Gasteiger charge is -2.36. The molecule has 0 bridgehead atoms. The van der Waals surface area contributed by atoms with Crippen molar-refractivity contribution in [2.75, 3.05) is 16.4 Å². The number of hydrogen-bond acceptors (Lipinski definition) is 7. The second kappa shape index (κ2) is 14.4. The topological polar surface area (TPSA) is 141 Å². The lowest BCUT2D eigenvalue weighted by Crippen LogP contribution is -2.32. The Bertz CT molecular complexity index is 1800. The molecule has 236 valence electrons. The number of anilines is 3. The second-order valence-corrected chi connectivity index (χ2v) is 11.4. The van der Waals surface area contributed by atoms with Crippen molar-refractivity contribution < 1.29 is 24.2 Å². The molecule has 2 heterocycles. The van der Waals surface area contributed by atoms with Crippen molar-refractivity contribution in [2.45, 2.75) is 57.3 Å². The van der Waals surface area contributed by atoms with E-state index in [1.807, 2.05) is 79.1 Å². The predicted octanol–water partition coefficient (Wildman–Crippen LogP) is 6.10. The van der Waals surface area contributed by atoms with Crippen molar-refractivity contribution >= 4 is 39.9 Å². The molecule has 0 saturated carbocycles. The fourth-order valence-electron chi connectivity index (χ4n) is 5.63. The number of aliphatic hydroxyl groups excluding tert-OH is 1. The minimum Gasteiger partial charge on any atom is -0.397 e. The summed E-state index contributed by atoms with van der Waals surface area (Å²) < 4.78 is 15.1. The summed E-state index contributed by atoms with van der Waals surface area (Å²) in [6, 6.07) is 30.3. The van der Waals surface area contributed by atoms with Gasteiger partial charge in [0.2, 0.25) is 11.8 Å².